The number of nitrogens with zero attached hydrogens (tertiary/aromatic N) is 3. The third kappa shape index (κ3) is 5.38. The van der Waals surface area contributed by atoms with Gasteiger partial charge in [-0.2, -0.15) is 0 Å². The fourth-order valence-electron chi connectivity index (χ4n) is 1.94. The highest BCUT2D eigenvalue weighted by Gasteiger charge is 2.10. The number of carbonyl (C=O) groups excluding carboxylic acids is 2. The molecule has 128 valence electrons. The Morgan fingerprint density at radius 1 is 1.17 bits per heavy atom. The molecule has 2 N–H and O–H groups in total. The van der Waals surface area contributed by atoms with Crippen LogP contribution in [0.25, 0.3) is 0 Å². The number of carbonyl (C=O) groups is 2. The molecular formula is C16H21N5O2S. The van der Waals surface area contributed by atoms with Gasteiger partial charge >= 0.3 is 0 Å². The number of hydrogen-bond acceptors (Lipinski definition) is 5. The van der Waals surface area contributed by atoms with Crippen LogP contribution in [0.5, 0.6) is 0 Å². The minimum atomic E-state index is -0.149. The summed E-state index contributed by atoms with van der Waals surface area (Å²) in [6.45, 7) is 4.83. The summed E-state index contributed by atoms with van der Waals surface area (Å²) in [5.41, 5.74) is 0.604. The lowest BCUT2D eigenvalue weighted by molar-refractivity contribution is -0.118. The fourth-order valence-corrected chi connectivity index (χ4v) is 2.81. The molecule has 0 bridgehead atoms. The molecule has 0 spiro atoms. The zero-order valence-corrected chi connectivity index (χ0v) is 14.5. The van der Waals surface area contributed by atoms with Crippen molar-refractivity contribution in [3.05, 3.63) is 42.2 Å². The largest absolute Gasteiger partial charge is 0.354 e. The van der Waals surface area contributed by atoms with Crippen LogP contribution in [0.1, 0.15) is 30.2 Å². The predicted molar refractivity (Wildman–Crippen MR) is 92.9 cm³/mol. The molecule has 24 heavy (non-hydrogen) atoms. The number of hydrogen-bond donors (Lipinski definition) is 2. The van der Waals surface area contributed by atoms with Gasteiger partial charge in [0.15, 0.2) is 5.16 Å². The van der Waals surface area contributed by atoms with Crippen molar-refractivity contribution in [2.75, 3.05) is 18.8 Å². The summed E-state index contributed by atoms with van der Waals surface area (Å²) in [6.07, 6.45) is 1.66. The lowest BCUT2D eigenvalue weighted by atomic mass is 10.2. The van der Waals surface area contributed by atoms with Crippen molar-refractivity contribution in [3.8, 4) is 0 Å². The van der Waals surface area contributed by atoms with E-state index in [1.807, 2.05) is 36.6 Å². The second-order valence-electron chi connectivity index (χ2n) is 5.38. The highest BCUT2D eigenvalue weighted by Crippen LogP contribution is 2.18. The van der Waals surface area contributed by atoms with Gasteiger partial charge in [-0.05, 0) is 26.0 Å². The number of rotatable bonds is 8. The van der Waals surface area contributed by atoms with Crippen molar-refractivity contribution in [1.82, 2.24) is 25.4 Å². The average Bonchev–Trinajstić information content (AvgIpc) is 3.06. The van der Waals surface area contributed by atoms with Gasteiger partial charge in [-0.1, -0.05) is 30.0 Å². The van der Waals surface area contributed by atoms with Gasteiger partial charge in [0.25, 0.3) is 5.91 Å². The zero-order chi connectivity index (χ0) is 17.4. The van der Waals surface area contributed by atoms with Crippen LogP contribution in [0.4, 0.5) is 0 Å². The van der Waals surface area contributed by atoms with E-state index in [4.69, 9.17) is 0 Å². The maximum atomic E-state index is 11.8. The van der Waals surface area contributed by atoms with Crippen LogP contribution in [0, 0.1) is 0 Å². The third-order valence-electron chi connectivity index (χ3n) is 3.20. The molecule has 1 aromatic heterocycles. The molecule has 1 heterocycles. The first-order chi connectivity index (χ1) is 11.6. The van der Waals surface area contributed by atoms with E-state index in [2.05, 4.69) is 20.8 Å². The first-order valence-electron chi connectivity index (χ1n) is 7.70. The highest BCUT2D eigenvalue weighted by molar-refractivity contribution is 7.99. The summed E-state index contributed by atoms with van der Waals surface area (Å²) in [6, 6.07) is 9.21. The predicted octanol–water partition coefficient (Wildman–Crippen LogP) is 1.50. The van der Waals surface area contributed by atoms with E-state index in [0.29, 0.717) is 18.7 Å². The first kappa shape index (κ1) is 18.0. The van der Waals surface area contributed by atoms with E-state index in [1.54, 1.807) is 18.5 Å². The molecule has 7 nitrogen and oxygen atoms in total. The summed E-state index contributed by atoms with van der Waals surface area (Å²) in [5.74, 6) is 0.00873. The van der Waals surface area contributed by atoms with Crippen molar-refractivity contribution in [1.29, 1.82) is 0 Å². The molecule has 2 amide bonds. The number of amides is 2. The summed E-state index contributed by atoms with van der Waals surface area (Å²) < 4.78 is 1.91. The van der Waals surface area contributed by atoms with Crippen LogP contribution >= 0.6 is 11.8 Å². The molecule has 2 rings (SSSR count). The van der Waals surface area contributed by atoms with Gasteiger partial charge in [-0.15, -0.1) is 10.2 Å². The normalized spacial score (nSPS) is 10.6. The van der Waals surface area contributed by atoms with Crippen molar-refractivity contribution >= 4 is 23.6 Å². The van der Waals surface area contributed by atoms with E-state index < -0.39 is 0 Å². The zero-order valence-electron chi connectivity index (χ0n) is 13.7. The molecular weight excluding hydrogens is 326 g/mol. The Morgan fingerprint density at radius 3 is 2.58 bits per heavy atom. The number of aromatic nitrogens is 3. The maximum Gasteiger partial charge on any atom is 0.251 e. The summed E-state index contributed by atoms with van der Waals surface area (Å²) in [4.78, 5) is 23.7. The van der Waals surface area contributed by atoms with Gasteiger partial charge in [0, 0.05) is 24.7 Å². The topological polar surface area (TPSA) is 88.9 Å². The summed E-state index contributed by atoms with van der Waals surface area (Å²) in [7, 11) is 0. The van der Waals surface area contributed by atoms with Crippen LogP contribution in [-0.2, 0) is 4.79 Å². The summed E-state index contributed by atoms with van der Waals surface area (Å²) >= 11 is 1.34. The van der Waals surface area contributed by atoms with Gasteiger partial charge in [0.05, 0.1) is 5.75 Å². The maximum absolute atomic E-state index is 11.8. The van der Waals surface area contributed by atoms with Gasteiger partial charge in [0.2, 0.25) is 5.91 Å². The Kier molecular flexibility index (Phi) is 6.80. The Morgan fingerprint density at radius 2 is 1.88 bits per heavy atom. The van der Waals surface area contributed by atoms with Crippen LogP contribution in [0.2, 0.25) is 0 Å². The van der Waals surface area contributed by atoms with Gasteiger partial charge in [-0.25, -0.2) is 0 Å². The number of thioether (sulfide) groups is 1. The van der Waals surface area contributed by atoms with Crippen molar-refractivity contribution < 1.29 is 9.59 Å². The van der Waals surface area contributed by atoms with Crippen molar-refractivity contribution in [2.24, 2.45) is 0 Å². The molecule has 0 aliphatic heterocycles. The van der Waals surface area contributed by atoms with Gasteiger partial charge in [0.1, 0.15) is 6.33 Å². The Balaban J connectivity index is 1.65. The molecule has 1 aromatic carbocycles. The molecule has 0 atom stereocenters. The number of nitrogens with one attached hydrogen (secondary N) is 2. The monoisotopic (exact) mass is 347 g/mol. The van der Waals surface area contributed by atoms with E-state index in [1.165, 1.54) is 11.8 Å². The standard InChI is InChI=1S/C16H21N5O2S/c1-12(2)21-11-19-20-16(21)24-10-14(22)17-8-9-18-15(23)13-6-4-3-5-7-13/h3-7,11-12H,8-10H2,1-2H3,(H,17,22)(H,18,23). The van der Waals surface area contributed by atoms with E-state index in [0.717, 1.165) is 5.16 Å². The fraction of sp³-hybridized carbons (Fsp3) is 0.375. The first-order valence-corrected chi connectivity index (χ1v) is 8.68. The molecule has 0 aliphatic rings. The number of benzene rings is 1. The smallest absolute Gasteiger partial charge is 0.251 e. The SMILES string of the molecule is CC(C)n1cnnc1SCC(=O)NCCNC(=O)c1ccccc1. The van der Waals surface area contributed by atoms with Crippen LogP contribution < -0.4 is 10.6 Å². The molecule has 0 saturated heterocycles. The molecule has 0 unspecified atom stereocenters. The van der Waals surface area contributed by atoms with Crippen LogP contribution in [0.3, 0.4) is 0 Å². The quantitative estimate of drug-likeness (QED) is 0.558. The van der Waals surface area contributed by atoms with Crippen molar-refractivity contribution in [2.45, 2.75) is 25.0 Å². The van der Waals surface area contributed by atoms with Gasteiger partial charge < -0.3 is 15.2 Å². The lowest BCUT2D eigenvalue weighted by Crippen LogP contribution is -2.35. The minimum absolute atomic E-state index is 0.104. The second kappa shape index (κ2) is 9.07. The van der Waals surface area contributed by atoms with Crippen LogP contribution in [-0.4, -0.2) is 45.4 Å². The highest BCUT2D eigenvalue weighted by atomic mass is 32.2. The van der Waals surface area contributed by atoms with Crippen LogP contribution in [0.15, 0.2) is 41.8 Å². The molecule has 0 radical (unpaired) electrons. The van der Waals surface area contributed by atoms with Crippen molar-refractivity contribution in [3.63, 3.8) is 0 Å². The van der Waals surface area contributed by atoms with E-state index >= 15 is 0 Å². The molecule has 2 aromatic rings. The van der Waals surface area contributed by atoms with E-state index in [9.17, 15) is 9.59 Å². The molecule has 0 aliphatic carbocycles. The van der Waals surface area contributed by atoms with Gasteiger partial charge in [-0.3, -0.25) is 9.59 Å². The average molecular weight is 347 g/mol. The molecule has 0 fully saturated rings. The molecule has 0 saturated carbocycles. The second-order valence-corrected chi connectivity index (χ2v) is 6.32. The Hall–Kier alpha value is -2.35. The summed E-state index contributed by atoms with van der Waals surface area (Å²) in [5, 5.41) is 14.1. The molecule has 8 heteroatoms. The third-order valence-corrected chi connectivity index (χ3v) is 4.15. The van der Waals surface area contributed by atoms with E-state index in [-0.39, 0.29) is 23.6 Å². The Bertz CT molecular complexity index is 672. The lowest BCUT2D eigenvalue weighted by Gasteiger charge is -2.09. The minimum Gasteiger partial charge on any atom is -0.354 e. The Labute approximate surface area is 145 Å².